The molecule has 0 unspecified atom stereocenters. The topological polar surface area (TPSA) is 107 Å². The molecule has 2 rings (SSSR count). The van der Waals surface area contributed by atoms with Crippen LogP contribution in [0.2, 0.25) is 0 Å². The normalized spacial score (nSPS) is 15.8. The third kappa shape index (κ3) is 7.05. The number of hydrogen-bond donors (Lipinski definition) is 2. The smallest absolute Gasteiger partial charge is 0.317 e. The third-order valence-electron chi connectivity index (χ3n) is 4.68. The molecule has 1 aliphatic rings. The van der Waals surface area contributed by atoms with Crippen LogP contribution >= 0.6 is 12.4 Å². The van der Waals surface area contributed by atoms with Crippen molar-refractivity contribution in [3.63, 3.8) is 0 Å². The Balaban J connectivity index is 0.00000392. The van der Waals surface area contributed by atoms with Crippen LogP contribution in [-0.4, -0.2) is 72.6 Å². The van der Waals surface area contributed by atoms with Gasteiger partial charge in [0.1, 0.15) is 0 Å². The zero-order valence-corrected chi connectivity index (χ0v) is 17.8. The molecule has 0 spiro atoms. The standard InChI is InChI=1S/C18H27N3O5S.ClH/c1-3-27(25,26)21-9-7-16(8-10-21)20(13-18(23)24)12-17(22)19-15-6-4-5-14(2)11-15;/h4-6,11,16H,3,7-10,12-13H2,1-2H3,(H,19,22)(H,23,24);1H. The van der Waals surface area contributed by atoms with Gasteiger partial charge in [-0.15, -0.1) is 12.4 Å². The number of rotatable bonds is 8. The second-order valence-electron chi connectivity index (χ2n) is 6.75. The van der Waals surface area contributed by atoms with Crippen molar-refractivity contribution < 1.29 is 23.1 Å². The van der Waals surface area contributed by atoms with E-state index in [1.54, 1.807) is 17.9 Å². The number of anilines is 1. The van der Waals surface area contributed by atoms with Gasteiger partial charge in [-0.05, 0) is 44.4 Å². The van der Waals surface area contributed by atoms with Gasteiger partial charge in [-0.25, -0.2) is 12.7 Å². The molecule has 0 saturated carbocycles. The molecule has 0 aromatic heterocycles. The van der Waals surface area contributed by atoms with Crippen LogP contribution in [0.5, 0.6) is 0 Å². The molecule has 158 valence electrons. The van der Waals surface area contributed by atoms with Crippen molar-refractivity contribution in [3.05, 3.63) is 29.8 Å². The number of aliphatic carboxylic acids is 1. The average molecular weight is 434 g/mol. The number of nitrogens with one attached hydrogen (secondary N) is 1. The Morgan fingerprint density at radius 1 is 1.25 bits per heavy atom. The SMILES string of the molecule is CCS(=O)(=O)N1CCC(N(CC(=O)O)CC(=O)Nc2cccc(C)c2)CC1.Cl. The molecule has 1 fully saturated rings. The third-order valence-corrected chi connectivity index (χ3v) is 6.57. The first-order chi connectivity index (χ1) is 12.7. The zero-order chi connectivity index (χ0) is 20.0. The minimum atomic E-state index is -3.24. The minimum Gasteiger partial charge on any atom is -0.480 e. The first kappa shape index (κ1) is 24.4. The minimum absolute atomic E-state index is 0. The van der Waals surface area contributed by atoms with E-state index < -0.39 is 16.0 Å². The van der Waals surface area contributed by atoms with Crippen LogP contribution in [0.25, 0.3) is 0 Å². The zero-order valence-electron chi connectivity index (χ0n) is 16.1. The van der Waals surface area contributed by atoms with Crippen LogP contribution in [0, 0.1) is 6.92 Å². The molecule has 0 bridgehead atoms. The van der Waals surface area contributed by atoms with Gasteiger partial charge in [-0.2, -0.15) is 0 Å². The maximum absolute atomic E-state index is 12.4. The first-order valence-corrected chi connectivity index (χ1v) is 10.6. The molecule has 0 atom stereocenters. The van der Waals surface area contributed by atoms with Crippen LogP contribution in [0.1, 0.15) is 25.3 Å². The predicted molar refractivity (Wildman–Crippen MR) is 110 cm³/mol. The fourth-order valence-electron chi connectivity index (χ4n) is 3.26. The number of amides is 1. The second kappa shape index (κ2) is 10.8. The maximum atomic E-state index is 12.4. The van der Waals surface area contributed by atoms with Gasteiger partial charge in [0.05, 0.1) is 18.8 Å². The average Bonchev–Trinajstić information content (AvgIpc) is 2.61. The lowest BCUT2D eigenvalue weighted by molar-refractivity contribution is -0.139. The summed E-state index contributed by atoms with van der Waals surface area (Å²) in [7, 11) is -3.24. The van der Waals surface area contributed by atoms with Gasteiger partial charge in [0.25, 0.3) is 0 Å². The number of sulfonamides is 1. The van der Waals surface area contributed by atoms with E-state index in [1.807, 2.05) is 25.1 Å². The van der Waals surface area contributed by atoms with Gasteiger partial charge >= 0.3 is 5.97 Å². The number of hydrogen-bond acceptors (Lipinski definition) is 5. The number of carboxylic acid groups (broad SMARTS) is 1. The number of benzene rings is 1. The molecule has 0 aliphatic carbocycles. The quantitative estimate of drug-likeness (QED) is 0.644. The lowest BCUT2D eigenvalue weighted by atomic mass is 10.0. The van der Waals surface area contributed by atoms with Crippen molar-refractivity contribution in [1.82, 2.24) is 9.21 Å². The van der Waals surface area contributed by atoms with E-state index in [0.29, 0.717) is 31.6 Å². The predicted octanol–water partition coefficient (Wildman–Crippen LogP) is 1.56. The van der Waals surface area contributed by atoms with E-state index in [9.17, 15) is 23.1 Å². The van der Waals surface area contributed by atoms with Crippen LogP contribution in [0.4, 0.5) is 5.69 Å². The molecule has 0 radical (unpaired) electrons. The molecule has 2 N–H and O–H groups in total. The van der Waals surface area contributed by atoms with E-state index in [4.69, 9.17) is 0 Å². The highest BCUT2D eigenvalue weighted by molar-refractivity contribution is 7.89. The Hall–Kier alpha value is -1.68. The van der Waals surface area contributed by atoms with Crippen LogP contribution < -0.4 is 5.32 Å². The highest BCUT2D eigenvalue weighted by atomic mass is 35.5. The molecule has 1 aromatic rings. The fourth-order valence-corrected chi connectivity index (χ4v) is 4.40. The number of carboxylic acids is 1. The molecule has 8 nitrogen and oxygen atoms in total. The summed E-state index contributed by atoms with van der Waals surface area (Å²) in [5.74, 6) is -1.25. The summed E-state index contributed by atoms with van der Waals surface area (Å²) in [5.41, 5.74) is 1.68. The van der Waals surface area contributed by atoms with E-state index in [-0.39, 0.29) is 43.2 Å². The highest BCUT2D eigenvalue weighted by Gasteiger charge is 2.31. The summed E-state index contributed by atoms with van der Waals surface area (Å²) in [6, 6.07) is 7.23. The summed E-state index contributed by atoms with van der Waals surface area (Å²) >= 11 is 0. The molecular weight excluding hydrogens is 406 g/mol. The summed E-state index contributed by atoms with van der Waals surface area (Å²) < 4.78 is 25.4. The summed E-state index contributed by atoms with van der Waals surface area (Å²) in [5, 5.41) is 12.0. The molecule has 1 aromatic carbocycles. The lowest BCUT2D eigenvalue weighted by Crippen LogP contribution is -2.50. The van der Waals surface area contributed by atoms with E-state index >= 15 is 0 Å². The van der Waals surface area contributed by atoms with Crippen LogP contribution in [0.3, 0.4) is 0 Å². The number of piperidine rings is 1. The Morgan fingerprint density at radius 2 is 1.89 bits per heavy atom. The van der Waals surface area contributed by atoms with Crippen molar-refractivity contribution in [2.75, 3.05) is 37.2 Å². The van der Waals surface area contributed by atoms with Gasteiger partial charge in [0.15, 0.2) is 0 Å². The van der Waals surface area contributed by atoms with Crippen molar-refractivity contribution in [2.24, 2.45) is 0 Å². The van der Waals surface area contributed by atoms with Crippen LogP contribution in [0.15, 0.2) is 24.3 Å². The molecule has 10 heteroatoms. The van der Waals surface area contributed by atoms with Crippen molar-refractivity contribution in [2.45, 2.75) is 32.7 Å². The van der Waals surface area contributed by atoms with Crippen LogP contribution in [-0.2, 0) is 19.6 Å². The monoisotopic (exact) mass is 433 g/mol. The summed E-state index contributed by atoms with van der Waals surface area (Å²) in [6.45, 7) is 3.91. The van der Waals surface area contributed by atoms with Gasteiger partial charge in [-0.3, -0.25) is 14.5 Å². The van der Waals surface area contributed by atoms with E-state index in [0.717, 1.165) is 5.56 Å². The highest BCUT2D eigenvalue weighted by Crippen LogP contribution is 2.19. The maximum Gasteiger partial charge on any atom is 0.317 e. The second-order valence-corrected chi connectivity index (χ2v) is 9.00. The van der Waals surface area contributed by atoms with Gasteiger partial charge in [-0.1, -0.05) is 12.1 Å². The molecule has 1 saturated heterocycles. The molecule has 1 heterocycles. The van der Waals surface area contributed by atoms with Gasteiger partial charge in [0.2, 0.25) is 15.9 Å². The molecular formula is C18H28ClN3O5S. The number of carbonyl (C=O) groups excluding carboxylic acids is 1. The number of carbonyl (C=O) groups is 2. The molecule has 1 aliphatic heterocycles. The Kier molecular flexibility index (Phi) is 9.35. The van der Waals surface area contributed by atoms with Crippen molar-refractivity contribution in [1.29, 1.82) is 0 Å². The Morgan fingerprint density at radius 3 is 2.43 bits per heavy atom. The fraction of sp³-hybridized carbons (Fsp3) is 0.556. The number of aryl methyl sites for hydroxylation is 1. The summed E-state index contributed by atoms with van der Waals surface area (Å²) in [6.07, 6.45) is 1.01. The molecule has 28 heavy (non-hydrogen) atoms. The van der Waals surface area contributed by atoms with Gasteiger partial charge in [0, 0.05) is 24.8 Å². The Bertz CT molecular complexity index is 779. The van der Waals surface area contributed by atoms with E-state index in [2.05, 4.69) is 5.32 Å². The summed E-state index contributed by atoms with van der Waals surface area (Å²) in [4.78, 5) is 25.2. The first-order valence-electron chi connectivity index (χ1n) is 9.01. The number of halogens is 1. The van der Waals surface area contributed by atoms with Gasteiger partial charge < -0.3 is 10.4 Å². The lowest BCUT2D eigenvalue weighted by Gasteiger charge is -2.36. The van der Waals surface area contributed by atoms with Crippen molar-refractivity contribution >= 4 is 40.0 Å². The Labute approximate surface area is 172 Å². The number of nitrogens with zero attached hydrogens (tertiary/aromatic N) is 2. The van der Waals surface area contributed by atoms with Crippen molar-refractivity contribution in [3.8, 4) is 0 Å². The van der Waals surface area contributed by atoms with E-state index in [1.165, 1.54) is 4.31 Å². The largest absolute Gasteiger partial charge is 0.480 e. The molecule has 1 amide bonds.